The summed E-state index contributed by atoms with van der Waals surface area (Å²) >= 11 is 0. The minimum atomic E-state index is -0.478. The summed E-state index contributed by atoms with van der Waals surface area (Å²) in [5.41, 5.74) is 0. The number of hydrogen-bond acceptors (Lipinski definition) is 6. The highest BCUT2D eigenvalue weighted by Crippen LogP contribution is 2.36. The van der Waals surface area contributed by atoms with Crippen LogP contribution in [0.5, 0.6) is 0 Å². The predicted molar refractivity (Wildman–Crippen MR) is 71.9 cm³/mol. The topological polar surface area (TPSA) is 78.9 Å². The Kier molecular flexibility index (Phi) is 4.98. The van der Waals surface area contributed by atoms with Crippen LogP contribution in [-0.4, -0.2) is 38.2 Å². The smallest absolute Gasteiger partial charge is 0.309 e. The second-order valence-electron chi connectivity index (χ2n) is 5.49. The molecule has 1 saturated heterocycles. The molecule has 21 heavy (non-hydrogen) atoms. The Hall–Kier alpha value is -1.85. The Balaban J connectivity index is 2.28. The van der Waals surface area contributed by atoms with Crippen molar-refractivity contribution in [3.63, 3.8) is 0 Å². The first-order valence-electron chi connectivity index (χ1n) is 7.10. The lowest BCUT2D eigenvalue weighted by Gasteiger charge is -2.35. The average molecular weight is 296 g/mol. The molecule has 0 aromatic heterocycles. The molecule has 0 N–H and O–H groups in total. The molecule has 1 fully saturated rings. The van der Waals surface area contributed by atoms with Gasteiger partial charge in [-0.15, -0.1) is 0 Å². The van der Waals surface area contributed by atoms with Crippen LogP contribution in [0, 0.1) is 23.7 Å². The minimum Gasteiger partial charge on any atom is -0.469 e. The monoisotopic (exact) mass is 296 g/mol. The number of hydrogen-bond donors (Lipinski definition) is 0. The molecule has 0 aromatic carbocycles. The van der Waals surface area contributed by atoms with Crippen molar-refractivity contribution in [3.8, 4) is 0 Å². The van der Waals surface area contributed by atoms with Crippen molar-refractivity contribution in [1.29, 1.82) is 0 Å². The van der Waals surface area contributed by atoms with Crippen LogP contribution in [-0.2, 0) is 28.6 Å². The number of esters is 3. The van der Waals surface area contributed by atoms with Gasteiger partial charge in [0.05, 0.1) is 39.1 Å². The van der Waals surface area contributed by atoms with Gasteiger partial charge >= 0.3 is 17.9 Å². The molecular formula is C15H20O6. The summed E-state index contributed by atoms with van der Waals surface area (Å²) in [5, 5.41) is 0. The van der Waals surface area contributed by atoms with Crippen LogP contribution in [0.4, 0.5) is 0 Å². The third-order valence-electron chi connectivity index (χ3n) is 4.14. The molecule has 2 rings (SSSR count). The molecule has 6 heteroatoms. The summed E-state index contributed by atoms with van der Waals surface area (Å²) in [6, 6.07) is 0. The number of carbonyl (C=O) groups excluding carboxylic acids is 3. The maximum atomic E-state index is 12.1. The van der Waals surface area contributed by atoms with Gasteiger partial charge in [-0.3, -0.25) is 14.4 Å². The summed E-state index contributed by atoms with van der Waals surface area (Å²) in [5.74, 6) is -2.10. The fourth-order valence-corrected chi connectivity index (χ4v) is 2.85. The van der Waals surface area contributed by atoms with Gasteiger partial charge in [0, 0.05) is 11.8 Å². The number of fused-ring (bicyclic) bond motifs is 2. The zero-order valence-corrected chi connectivity index (χ0v) is 12.2. The second kappa shape index (κ2) is 6.74. The number of allylic oxidation sites excluding steroid dienone is 1. The van der Waals surface area contributed by atoms with Gasteiger partial charge in [-0.1, -0.05) is 19.1 Å². The van der Waals surface area contributed by atoms with E-state index in [1.54, 1.807) is 0 Å². The lowest BCUT2D eigenvalue weighted by Crippen LogP contribution is -2.41. The Bertz CT molecular complexity index is 455. The molecule has 116 valence electrons. The van der Waals surface area contributed by atoms with Gasteiger partial charge < -0.3 is 14.2 Å². The average Bonchev–Trinajstić information content (AvgIpc) is 2.50. The van der Waals surface area contributed by atoms with Crippen molar-refractivity contribution in [3.05, 3.63) is 12.2 Å². The Morgan fingerprint density at radius 1 is 1.14 bits per heavy atom. The SMILES string of the molecule is COC(=O)C1C2C=C[C@H](C)[C@H]1COC(=O)CCC(=O)OC2. The summed E-state index contributed by atoms with van der Waals surface area (Å²) < 4.78 is 15.3. The van der Waals surface area contributed by atoms with Crippen LogP contribution in [0.3, 0.4) is 0 Å². The van der Waals surface area contributed by atoms with Crippen LogP contribution in [0.15, 0.2) is 12.2 Å². The molecule has 0 aromatic rings. The van der Waals surface area contributed by atoms with Crippen LogP contribution in [0.1, 0.15) is 19.8 Å². The third-order valence-corrected chi connectivity index (χ3v) is 4.14. The lowest BCUT2D eigenvalue weighted by molar-refractivity contribution is -0.157. The molecule has 6 nitrogen and oxygen atoms in total. The molecule has 1 aliphatic heterocycles. The first-order valence-corrected chi connectivity index (χ1v) is 7.10. The first kappa shape index (κ1) is 15.5. The summed E-state index contributed by atoms with van der Waals surface area (Å²) in [7, 11) is 1.33. The standard InChI is InChI=1S/C15H20O6/c1-9-3-4-10-7-20-12(16)5-6-13(17)21-8-11(9)14(10)15(18)19-2/h3-4,9-11,14H,5-8H2,1-2H3/t9-,10?,11+,14?/m0/s1. The van der Waals surface area contributed by atoms with Crippen molar-refractivity contribution in [2.45, 2.75) is 19.8 Å². The maximum Gasteiger partial charge on any atom is 0.309 e. The number of carbonyl (C=O) groups is 3. The van der Waals surface area contributed by atoms with Crippen molar-refractivity contribution in [1.82, 2.24) is 0 Å². The Morgan fingerprint density at radius 3 is 2.38 bits per heavy atom. The second-order valence-corrected chi connectivity index (χ2v) is 5.49. The molecule has 0 spiro atoms. The molecule has 0 saturated carbocycles. The van der Waals surface area contributed by atoms with E-state index in [9.17, 15) is 14.4 Å². The van der Waals surface area contributed by atoms with Crippen LogP contribution >= 0.6 is 0 Å². The highest BCUT2D eigenvalue weighted by atomic mass is 16.5. The molecule has 1 aliphatic carbocycles. The lowest BCUT2D eigenvalue weighted by atomic mass is 9.71. The molecule has 2 aliphatic rings. The number of rotatable bonds is 1. The van der Waals surface area contributed by atoms with E-state index in [4.69, 9.17) is 14.2 Å². The van der Waals surface area contributed by atoms with Crippen LogP contribution in [0.2, 0.25) is 0 Å². The van der Waals surface area contributed by atoms with E-state index in [2.05, 4.69) is 0 Å². The fraction of sp³-hybridized carbons (Fsp3) is 0.667. The zero-order valence-electron chi connectivity index (χ0n) is 12.2. The first-order chi connectivity index (χ1) is 10.0. The van der Waals surface area contributed by atoms with E-state index >= 15 is 0 Å². The third kappa shape index (κ3) is 3.62. The van der Waals surface area contributed by atoms with E-state index in [1.807, 2.05) is 19.1 Å². The van der Waals surface area contributed by atoms with Crippen molar-refractivity contribution in [2.75, 3.05) is 20.3 Å². The quantitative estimate of drug-likeness (QED) is 0.409. The van der Waals surface area contributed by atoms with E-state index in [1.165, 1.54) is 7.11 Å². The summed E-state index contributed by atoms with van der Waals surface area (Å²) in [4.78, 5) is 35.3. The van der Waals surface area contributed by atoms with E-state index in [0.717, 1.165) is 0 Å². The molecular weight excluding hydrogens is 276 g/mol. The van der Waals surface area contributed by atoms with Crippen molar-refractivity contribution in [2.24, 2.45) is 23.7 Å². The highest BCUT2D eigenvalue weighted by molar-refractivity contribution is 5.78. The van der Waals surface area contributed by atoms with Gasteiger partial charge in [0.2, 0.25) is 0 Å². The van der Waals surface area contributed by atoms with E-state index in [-0.39, 0.29) is 49.8 Å². The maximum absolute atomic E-state index is 12.1. The van der Waals surface area contributed by atoms with Crippen molar-refractivity contribution < 1.29 is 28.6 Å². The van der Waals surface area contributed by atoms with Gasteiger partial charge in [-0.05, 0) is 5.92 Å². The zero-order chi connectivity index (χ0) is 15.4. The van der Waals surface area contributed by atoms with Gasteiger partial charge in [-0.25, -0.2) is 0 Å². The number of ether oxygens (including phenoxy) is 3. The number of cyclic esters (lactones) is 2. The largest absolute Gasteiger partial charge is 0.469 e. The Morgan fingerprint density at radius 2 is 1.76 bits per heavy atom. The van der Waals surface area contributed by atoms with Crippen molar-refractivity contribution >= 4 is 17.9 Å². The molecule has 1 heterocycles. The molecule has 2 bridgehead atoms. The molecule has 4 atom stereocenters. The van der Waals surface area contributed by atoms with Crippen LogP contribution < -0.4 is 0 Å². The molecule has 0 radical (unpaired) electrons. The van der Waals surface area contributed by atoms with E-state index < -0.39 is 17.9 Å². The summed E-state index contributed by atoms with van der Waals surface area (Å²) in [6.07, 6.45) is 3.85. The van der Waals surface area contributed by atoms with Gasteiger partial charge in [0.25, 0.3) is 0 Å². The summed E-state index contributed by atoms with van der Waals surface area (Å²) in [6.45, 7) is 2.23. The fourth-order valence-electron chi connectivity index (χ4n) is 2.85. The minimum absolute atomic E-state index is 0.000913. The van der Waals surface area contributed by atoms with Gasteiger partial charge in [0.15, 0.2) is 0 Å². The Labute approximate surface area is 123 Å². The predicted octanol–water partition coefficient (Wildman–Crippen LogP) is 1.09. The highest BCUT2D eigenvalue weighted by Gasteiger charge is 2.41. The van der Waals surface area contributed by atoms with Crippen LogP contribution in [0.25, 0.3) is 0 Å². The van der Waals surface area contributed by atoms with Gasteiger partial charge in [-0.2, -0.15) is 0 Å². The van der Waals surface area contributed by atoms with E-state index in [0.29, 0.717) is 0 Å². The number of methoxy groups -OCH3 is 1. The molecule has 0 amide bonds. The normalized spacial score (nSPS) is 33.4. The van der Waals surface area contributed by atoms with Gasteiger partial charge in [0.1, 0.15) is 0 Å². The molecule has 2 unspecified atom stereocenters.